The highest BCUT2D eigenvalue weighted by molar-refractivity contribution is 4.85. The lowest BCUT2D eigenvalue weighted by Gasteiger charge is -2.30. The third-order valence-electron chi connectivity index (χ3n) is 1.74. The third-order valence-corrected chi connectivity index (χ3v) is 1.74. The minimum absolute atomic E-state index is 0.0231. The summed E-state index contributed by atoms with van der Waals surface area (Å²) in [5.41, 5.74) is 0. The number of nitrogens with one attached hydrogen (secondary N) is 2. The topological polar surface area (TPSA) is 24.1 Å². The van der Waals surface area contributed by atoms with Gasteiger partial charge in [-0.05, 0) is 6.92 Å². The van der Waals surface area contributed by atoms with Crippen molar-refractivity contribution in [2.24, 2.45) is 0 Å². The predicted molar refractivity (Wildman–Crippen MR) is 35.3 cm³/mol. The molecule has 1 aliphatic heterocycles. The highest BCUT2D eigenvalue weighted by atomic mass is 19.4. The Bertz CT molecular complexity index is 126. The van der Waals surface area contributed by atoms with Gasteiger partial charge in [0.15, 0.2) is 0 Å². The molecule has 1 unspecified atom stereocenters. The maximum atomic E-state index is 12.0. The Balaban J connectivity index is 2.39. The fraction of sp³-hybridized carbons (Fsp3) is 1.00. The fourth-order valence-electron chi connectivity index (χ4n) is 1.01. The summed E-state index contributed by atoms with van der Waals surface area (Å²) in [5.74, 6) is 0. The molecule has 0 aromatic rings. The Labute approximate surface area is 63.2 Å². The van der Waals surface area contributed by atoms with Gasteiger partial charge >= 0.3 is 6.18 Å². The summed E-state index contributed by atoms with van der Waals surface area (Å²) in [5, 5.41) is 5.18. The SMILES string of the molecule is C[C@H]1CNC(C(F)(F)F)CN1. The number of rotatable bonds is 0. The summed E-state index contributed by atoms with van der Waals surface area (Å²) in [6.07, 6.45) is -4.12. The zero-order valence-electron chi connectivity index (χ0n) is 6.20. The molecule has 0 saturated carbocycles. The van der Waals surface area contributed by atoms with Crippen molar-refractivity contribution in [3.63, 3.8) is 0 Å². The first-order valence-electron chi connectivity index (χ1n) is 3.53. The molecule has 0 radical (unpaired) electrons. The molecular formula is C6H11F3N2. The van der Waals surface area contributed by atoms with Crippen LogP contribution in [-0.2, 0) is 0 Å². The van der Waals surface area contributed by atoms with Crippen LogP contribution < -0.4 is 10.6 Å². The first-order valence-corrected chi connectivity index (χ1v) is 3.53. The van der Waals surface area contributed by atoms with Crippen molar-refractivity contribution in [3.05, 3.63) is 0 Å². The lowest BCUT2D eigenvalue weighted by atomic mass is 10.2. The lowest BCUT2D eigenvalue weighted by molar-refractivity contribution is -0.158. The second-order valence-electron chi connectivity index (χ2n) is 2.81. The van der Waals surface area contributed by atoms with Gasteiger partial charge in [-0.15, -0.1) is 0 Å². The Kier molecular flexibility index (Phi) is 2.39. The first-order chi connectivity index (χ1) is 5.00. The minimum Gasteiger partial charge on any atom is -0.311 e. The molecule has 0 aromatic carbocycles. The largest absolute Gasteiger partial charge is 0.405 e. The third kappa shape index (κ3) is 2.34. The molecule has 1 fully saturated rings. The molecule has 1 saturated heterocycles. The maximum Gasteiger partial charge on any atom is 0.405 e. The Hall–Kier alpha value is -0.290. The van der Waals surface area contributed by atoms with E-state index in [1.54, 1.807) is 0 Å². The maximum absolute atomic E-state index is 12.0. The summed E-state index contributed by atoms with van der Waals surface area (Å²) in [4.78, 5) is 0. The van der Waals surface area contributed by atoms with Crippen molar-refractivity contribution in [2.75, 3.05) is 13.1 Å². The zero-order chi connectivity index (χ0) is 8.48. The number of hydrogen-bond acceptors (Lipinski definition) is 2. The Morgan fingerprint density at radius 3 is 2.18 bits per heavy atom. The standard InChI is InChI=1S/C6H11F3N2/c1-4-2-11-5(3-10-4)6(7,8)9/h4-5,10-11H,2-3H2,1H3/t4-,5?/m0/s1. The van der Waals surface area contributed by atoms with E-state index in [-0.39, 0.29) is 12.6 Å². The molecule has 11 heavy (non-hydrogen) atoms. The van der Waals surface area contributed by atoms with E-state index in [4.69, 9.17) is 0 Å². The molecule has 1 rings (SSSR count). The van der Waals surface area contributed by atoms with Gasteiger partial charge in [0.05, 0.1) is 0 Å². The number of alkyl halides is 3. The van der Waals surface area contributed by atoms with Gasteiger partial charge in [0.25, 0.3) is 0 Å². The van der Waals surface area contributed by atoms with Crippen molar-refractivity contribution in [1.82, 2.24) is 10.6 Å². The van der Waals surface area contributed by atoms with Gasteiger partial charge in [0.2, 0.25) is 0 Å². The second kappa shape index (κ2) is 2.98. The molecule has 0 bridgehead atoms. The van der Waals surface area contributed by atoms with Crippen LogP contribution in [0.1, 0.15) is 6.92 Å². The van der Waals surface area contributed by atoms with Crippen LogP contribution in [0.3, 0.4) is 0 Å². The normalized spacial score (nSPS) is 33.8. The average molecular weight is 168 g/mol. The van der Waals surface area contributed by atoms with Crippen molar-refractivity contribution in [2.45, 2.75) is 25.2 Å². The van der Waals surface area contributed by atoms with E-state index in [9.17, 15) is 13.2 Å². The smallest absolute Gasteiger partial charge is 0.311 e. The van der Waals surface area contributed by atoms with Crippen molar-refractivity contribution < 1.29 is 13.2 Å². The molecule has 2 N–H and O–H groups in total. The van der Waals surface area contributed by atoms with Gasteiger partial charge in [-0.1, -0.05) is 0 Å². The van der Waals surface area contributed by atoms with E-state index in [1.807, 2.05) is 6.92 Å². The fourth-order valence-corrected chi connectivity index (χ4v) is 1.01. The molecular weight excluding hydrogens is 157 g/mol. The first kappa shape index (κ1) is 8.80. The Morgan fingerprint density at radius 1 is 1.18 bits per heavy atom. The van der Waals surface area contributed by atoms with E-state index in [0.717, 1.165) is 0 Å². The zero-order valence-corrected chi connectivity index (χ0v) is 6.20. The van der Waals surface area contributed by atoms with Crippen LogP contribution in [0.4, 0.5) is 13.2 Å². The summed E-state index contributed by atoms with van der Waals surface area (Å²) in [6.45, 7) is 2.20. The van der Waals surface area contributed by atoms with Crippen LogP contribution in [-0.4, -0.2) is 31.3 Å². The molecule has 0 aliphatic carbocycles. The molecule has 1 heterocycles. The average Bonchev–Trinajstić information content (AvgIpc) is 1.86. The molecule has 0 aromatic heterocycles. The van der Waals surface area contributed by atoms with Crippen molar-refractivity contribution in [3.8, 4) is 0 Å². The van der Waals surface area contributed by atoms with Crippen LogP contribution in [0.5, 0.6) is 0 Å². The van der Waals surface area contributed by atoms with E-state index < -0.39 is 12.2 Å². The van der Waals surface area contributed by atoms with Crippen molar-refractivity contribution in [1.29, 1.82) is 0 Å². The van der Waals surface area contributed by atoms with E-state index in [2.05, 4.69) is 10.6 Å². The van der Waals surface area contributed by atoms with Gasteiger partial charge in [-0.25, -0.2) is 0 Å². The van der Waals surface area contributed by atoms with Gasteiger partial charge in [0, 0.05) is 19.1 Å². The monoisotopic (exact) mass is 168 g/mol. The summed E-state index contributed by atoms with van der Waals surface area (Å²) in [7, 11) is 0. The molecule has 2 atom stereocenters. The van der Waals surface area contributed by atoms with Gasteiger partial charge < -0.3 is 10.6 Å². The summed E-state index contributed by atoms with van der Waals surface area (Å²) in [6, 6.07) is -1.24. The summed E-state index contributed by atoms with van der Waals surface area (Å²) < 4.78 is 35.9. The lowest BCUT2D eigenvalue weighted by Crippen LogP contribution is -2.58. The quantitative estimate of drug-likeness (QED) is 0.550. The molecule has 5 heteroatoms. The van der Waals surface area contributed by atoms with Crippen LogP contribution in [0.2, 0.25) is 0 Å². The number of piperazine rings is 1. The molecule has 0 spiro atoms. The minimum atomic E-state index is -4.12. The predicted octanol–water partition coefficient (Wildman–Crippen LogP) is 0.499. The second-order valence-corrected chi connectivity index (χ2v) is 2.81. The van der Waals surface area contributed by atoms with Gasteiger partial charge in [0.1, 0.15) is 6.04 Å². The highest BCUT2D eigenvalue weighted by Crippen LogP contribution is 2.20. The van der Waals surface area contributed by atoms with E-state index >= 15 is 0 Å². The van der Waals surface area contributed by atoms with E-state index in [1.165, 1.54) is 0 Å². The number of hydrogen-bond donors (Lipinski definition) is 2. The van der Waals surface area contributed by atoms with Gasteiger partial charge in [-0.3, -0.25) is 0 Å². The van der Waals surface area contributed by atoms with Crippen LogP contribution in [0, 0.1) is 0 Å². The van der Waals surface area contributed by atoms with Crippen LogP contribution in [0.25, 0.3) is 0 Å². The van der Waals surface area contributed by atoms with Crippen LogP contribution >= 0.6 is 0 Å². The molecule has 1 aliphatic rings. The number of halogens is 3. The summed E-state index contributed by atoms with van der Waals surface area (Å²) >= 11 is 0. The van der Waals surface area contributed by atoms with Gasteiger partial charge in [-0.2, -0.15) is 13.2 Å². The molecule has 66 valence electrons. The molecule has 0 amide bonds. The van der Waals surface area contributed by atoms with Crippen molar-refractivity contribution >= 4 is 0 Å². The Morgan fingerprint density at radius 2 is 1.82 bits per heavy atom. The van der Waals surface area contributed by atoms with Crippen LogP contribution in [0.15, 0.2) is 0 Å². The molecule has 2 nitrogen and oxygen atoms in total. The van der Waals surface area contributed by atoms with E-state index in [0.29, 0.717) is 6.54 Å². The highest BCUT2D eigenvalue weighted by Gasteiger charge is 2.40.